The molecule has 1 aliphatic rings. The number of nitrogens with zero attached hydrogens (tertiary/aromatic N) is 4. The van der Waals surface area contributed by atoms with Crippen LogP contribution in [-0.2, 0) is 4.79 Å². The third kappa shape index (κ3) is 2.93. The molecule has 132 valence electrons. The van der Waals surface area contributed by atoms with Gasteiger partial charge in [0.1, 0.15) is 11.9 Å². The summed E-state index contributed by atoms with van der Waals surface area (Å²) in [6, 6.07) is 8.28. The predicted octanol–water partition coefficient (Wildman–Crippen LogP) is 3.64. The first-order valence-electron chi connectivity index (χ1n) is 7.90. The van der Waals surface area contributed by atoms with Crippen molar-refractivity contribution in [1.29, 1.82) is 5.26 Å². The summed E-state index contributed by atoms with van der Waals surface area (Å²) >= 11 is 1.33. The second-order valence-corrected chi connectivity index (χ2v) is 6.93. The van der Waals surface area contributed by atoms with E-state index in [0.29, 0.717) is 15.8 Å². The number of rotatable bonds is 2. The number of halogens is 1. The molecule has 1 aromatic heterocycles. The molecule has 2 aromatic rings. The number of aromatic nitrogens is 1. The summed E-state index contributed by atoms with van der Waals surface area (Å²) < 4.78 is 15.6. The van der Waals surface area contributed by atoms with Gasteiger partial charge >= 0.3 is 0 Å². The molecule has 26 heavy (non-hydrogen) atoms. The monoisotopic (exact) mass is 368 g/mol. The molecule has 1 saturated heterocycles. The van der Waals surface area contributed by atoms with Crippen molar-refractivity contribution >= 4 is 28.9 Å². The molecule has 0 aliphatic carbocycles. The van der Waals surface area contributed by atoms with Gasteiger partial charge in [0.25, 0.3) is 5.91 Å². The Hall–Kier alpha value is -2.85. The Bertz CT molecular complexity index is 1010. The second-order valence-electron chi connectivity index (χ2n) is 5.92. The maximum atomic E-state index is 13.6. The largest absolute Gasteiger partial charge is 0.318 e. The summed E-state index contributed by atoms with van der Waals surface area (Å²) in [5.41, 5.74) is 3.44. The van der Waals surface area contributed by atoms with Crippen molar-refractivity contribution in [1.82, 2.24) is 9.47 Å². The normalized spacial score (nSPS) is 17.4. The zero-order chi connectivity index (χ0) is 19.0. The van der Waals surface area contributed by atoms with Gasteiger partial charge in [-0.15, -0.1) is 0 Å². The van der Waals surface area contributed by atoms with Gasteiger partial charge in [-0.1, -0.05) is 0 Å². The van der Waals surface area contributed by atoms with Crippen LogP contribution in [0.25, 0.3) is 11.8 Å². The number of benzene rings is 1. The fourth-order valence-corrected chi connectivity index (χ4v) is 3.88. The summed E-state index contributed by atoms with van der Waals surface area (Å²) in [7, 11) is 3.35. The Morgan fingerprint density at radius 2 is 2.04 bits per heavy atom. The van der Waals surface area contributed by atoms with Crippen LogP contribution in [0.5, 0.6) is 0 Å². The molecule has 5 nitrogen and oxygen atoms in total. The van der Waals surface area contributed by atoms with Crippen LogP contribution in [0, 0.1) is 31.0 Å². The van der Waals surface area contributed by atoms with Gasteiger partial charge in [-0.2, -0.15) is 5.26 Å². The molecular formula is C19H17FN4OS. The van der Waals surface area contributed by atoms with E-state index in [2.05, 4.69) is 4.99 Å². The van der Waals surface area contributed by atoms with Crippen LogP contribution in [0.1, 0.15) is 22.5 Å². The van der Waals surface area contributed by atoms with Gasteiger partial charge in [-0.25, -0.2) is 4.39 Å². The van der Waals surface area contributed by atoms with Gasteiger partial charge in [-0.05, 0) is 61.5 Å². The number of amides is 1. The molecule has 1 amide bonds. The van der Waals surface area contributed by atoms with Crippen molar-refractivity contribution in [3.05, 3.63) is 57.5 Å². The quantitative estimate of drug-likeness (QED) is 0.761. The Labute approximate surface area is 155 Å². The molecule has 1 aromatic carbocycles. The summed E-state index contributed by atoms with van der Waals surface area (Å²) in [5, 5.41) is 9.72. The average molecular weight is 368 g/mol. The molecule has 0 unspecified atom stereocenters. The third-order valence-corrected chi connectivity index (χ3v) is 5.43. The van der Waals surface area contributed by atoms with E-state index in [0.717, 1.165) is 17.0 Å². The Morgan fingerprint density at radius 1 is 1.31 bits per heavy atom. The van der Waals surface area contributed by atoms with E-state index in [1.165, 1.54) is 28.8 Å². The highest BCUT2D eigenvalue weighted by Crippen LogP contribution is 2.33. The fraction of sp³-hybridized carbons (Fsp3) is 0.211. The smallest absolute Gasteiger partial charge is 0.266 e. The second kappa shape index (κ2) is 6.81. The van der Waals surface area contributed by atoms with E-state index < -0.39 is 5.82 Å². The molecule has 0 bridgehead atoms. The molecule has 2 heterocycles. The number of aliphatic imine (C=N–C) groups is 1. The minimum atomic E-state index is -0.538. The lowest BCUT2D eigenvalue weighted by Gasteiger charge is -2.10. The van der Waals surface area contributed by atoms with Crippen LogP contribution >= 0.6 is 11.8 Å². The lowest BCUT2D eigenvalue weighted by atomic mass is 10.2. The van der Waals surface area contributed by atoms with E-state index in [1.807, 2.05) is 36.6 Å². The van der Waals surface area contributed by atoms with Crippen molar-refractivity contribution in [2.45, 2.75) is 13.8 Å². The number of thioether (sulfide) groups is 1. The third-order valence-electron chi connectivity index (χ3n) is 4.28. The summed E-state index contributed by atoms with van der Waals surface area (Å²) in [6.07, 6.45) is 1.84. The lowest BCUT2D eigenvalue weighted by Crippen LogP contribution is -2.23. The molecular weight excluding hydrogens is 351 g/mol. The van der Waals surface area contributed by atoms with Gasteiger partial charge < -0.3 is 4.57 Å². The minimum absolute atomic E-state index is 0.00172. The predicted molar refractivity (Wildman–Crippen MR) is 102 cm³/mol. The van der Waals surface area contributed by atoms with Crippen LogP contribution in [0.3, 0.4) is 0 Å². The van der Waals surface area contributed by atoms with E-state index >= 15 is 0 Å². The molecule has 0 atom stereocenters. The number of hydrogen-bond acceptors (Lipinski definition) is 4. The number of likely N-dealkylation sites (N-methyl/N-ethyl adjacent to an activating group) is 1. The highest BCUT2D eigenvalue weighted by atomic mass is 32.2. The number of nitriles is 1. The highest BCUT2D eigenvalue weighted by Gasteiger charge is 2.30. The fourth-order valence-electron chi connectivity index (χ4n) is 2.96. The van der Waals surface area contributed by atoms with Crippen molar-refractivity contribution in [2.24, 2.45) is 4.99 Å². The molecule has 3 rings (SSSR count). The zero-order valence-corrected chi connectivity index (χ0v) is 15.7. The van der Waals surface area contributed by atoms with Crippen LogP contribution in [0.2, 0.25) is 0 Å². The van der Waals surface area contributed by atoms with E-state index in [9.17, 15) is 9.18 Å². The Morgan fingerprint density at radius 3 is 2.65 bits per heavy atom. The summed E-state index contributed by atoms with van der Waals surface area (Å²) in [5.74, 6) is -0.627. The van der Waals surface area contributed by atoms with Crippen LogP contribution in [0.15, 0.2) is 34.2 Å². The number of carbonyl (C=O) groups excluding carboxylic acids is 1. The van der Waals surface area contributed by atoms with Gasteiger partial charge in [0.05, 0.1) is 10.5 Å². The molecule has 0 radical (unpaired) electrons. The molecule has 0 spiro atoms. The SMILES string of the molecule is CN=C1S/C(=C\c2cc(C)n(-c3ccc(F)c(C#N)c3)c2C)C(=O)N1C. The maximum absolute atomic E-state index is 13.6. The number of amidine groups is 1. The number of aryl methyl sites for hydroxylation is 1. The van der Waals surface area contributed by atoms with E-state index in [1.54, 1.807) is 20.2 Å². The van der Waals surface area contributed by atoms with Crippen LogP contribution < -0.4 is 0 Å². The lowest BCUT2D eigenvalue weighted by molar-refractivity contribution is -0.121. The first-order chi connectivity index (χ1) is 12.4. The van der Waals surface area contributed by atoms with Crippen LogP contribution in [0.4, 0.5) is 4.39 Å². The van der Waals surface area contributed by atoms with Crippen LogP contribution in [-0.4, -0.2) is 34.6 Å². The summed E-state index contributed by atoms with van der Waals surface area (Å²) in [4.78, 5) is 18.6. The van der Waals surface area contributed by atoms with Crippen molar-refractivity contribution < 1.29 is 9.18 Å². The minimum Gasteiger partial charge on any atom is -0.318 e. The zero-order valence-electron chi connectivity index (χ0n) is 14.9. The maximum Gasteiger partial charge on any atom is 0.266 e. The number of carbonyl (C=O) groups is 1. The molecule has 0 N–H and O–H groups in total. The van der Waals surface area contributed by atoms with Crippen molar-refractivity contribution in [2.75, 3.05) is 14.1 Å². The van der Waals surface area contributed by atoms with Gasteiger partial charge in [0, 0.05) is 31.2 Å². The van der Waals surface area contributed by atoms with Gasteiger partial charge in [0.15, 0.2) is 5.17 Å². The first kappa shape index (κ1) is 18.0. The molecule has 1 fully saturated rings. The topological polar surface area (TPSA) is 61.4 Å². The molecule has 1 aliphatic heterocycles. The van der Waals surface area contributed by atoms with Crippen molar-refractivity contribution in [3.63, 3.8) is 0 Å². The highest BCUT2D eigenvalue weighted by molar-refractivity contribution is 8.18. The molecule has 0 saturated carbocycles. The summed E-state index contributed by atoms with van der Waals surface area (Å²) in [6.45, 7) is 3.86. The number of hydrogen-bond donors (Lipinski definition) is 0. The first-order valence-corrected chi connectivity index (χ1v) is 8.72. The van der Waals surface area contributed by atoms with Gasteiger partial charge in [0.2, 0.25) is 0 Å². The van der Waals surface area contributed by atoms with Crippen molar-refractivity contribution in [3.8, 4) is 11.8 Å². The van der Waals surface area contributed by atoms with Gasteiger partial charge in [-0.3, -0.25) is 14.7 Å². The van der Waals surface area contributed by atoms with E-state index in [4.69, 9.17) is 5.26 Å². The van der Waals surface area contributed by atoms with E-state index in [-0.39, 0.29) is 11.5 Å². The molecule has 7 heteroatoms. The Kier molecular flexibility index (Phi) is 4.70. The average Bonchev–Trinajstić information content (AvgIpc) is 3.06. The Balaban J connectivity index is 2.06. The standard InChI is InChI=1S/C19H17FN4OS/c1-11-7-13(9-17-18(25)23(4)19(22-3)26-17)12(2)24(11)15-5-6-16(20)14(8-15)10-21/h5-9H,1-4H3/b17-9-,22-19?.